The van der Waals surface area contributed by atoms with E-state index in [2.05, 4.69) is 15.5 Å². The number of aryl methyl sites for hydroxylation is 1. The third-order valence-electron chi connectivity index (χ3n) is 3.12. The molecule has 0 atom stereocenters. The first-order chi connectivity index (χ1) is 10.6. The smallest absolute Gasteiger partial charge is 0.207 e. The van der Waals surface area contributed by atoms with Crippen LogP contribution < -0.4 is 0 Å². The Morgan fingerprint density at radius 3 is 2.68 bits per heavy atom. The summed E-state index contributed by atoms with van der Waals surface area (Å²) in [5, 5.41) is 13.1. The Bertz CT molecular complexity index is 788. The summed E-state index contributed by atoms with van der Waals surface area (Å²) < 4.78 is 14.5. The molecule has 1 aromatic heterocycles. The Morgan fingerprint density at radius 2 is 1.95 bits per heavy atom. The summed E-state index contributed by atoms with van der Waals surface area (Å²) in [6.45, 7) is 1.94. The van der Waals surface area contributed by atoms with Crippen LogP contribution in [-0.4, -0.2) is 20.2 Å². The van der Waals surface area contributed by atoms with Crippen LogP contribution in [0.25, 0.3) is 5.69 Å². The molecular formula is C15H12ClFN4S. The minimum absolute atomic E-state index is 0.243. The van der Waals surface area contributed by atoms with Crippen molar-refractivity contribution in [1.82, 2.24) is 20.2 Å². The molecule has 2 aromatic carbocycles. The van der Waals surface area contributed by atoms with Gasteiger partial charge in [-0.2, -0.15) is 4.68 Å². The van der Waals surface area contributed by atoms with Gasteiger partial charge in [-0.1, -0.05) is 41.6 Å². The fourth-order valence-electron chi connectivity index (χ4n) is 1.87. The average molecular weight is 335 g/mol. The van der Waals surface area contributed by atoms with Gasteiger partial charge in [-0.25, -0.2) is 4.39 Å². The van der Waals surface area contributed by atoms with E-state index >= 15 is 0 Å². The summed E-state index contributed by atoms with van der Waals surface area (Å²) in [6, 6.07) is 12.1. The van der Waals surface area contributed by atoms with Gasteiger partial charge < -0.3 is 0 Å². The fourth-order valence-corrected chi connectivity index (χ4v) is 2.89. The minimum Gasteiger partial charge on any atom is -0.207 e. The molecule has 0 aliphatic carbocycles. The van der Waals surface area contributed by atoms with Gasteiger partial charge in [-0.3, -0.25) is 0 Å². The van der Waals surface area contributed by atoms with Crippen LogP contribution >= 0.6 is 23.4 Å². The molecule has 0 radical (unpaired) electrons. The van der Waals surface area contributed by atoms with Crippen molar-refractivity contribution in [2.24, 2.45) is 0 Å². The van der Waals surface area contributed by atoms with Crippen LogP contribution in [-0.2, 0) is 5.75 Å². The van der Waals surface area contributed by atoms with Crippen LogP contribution in [0, 0.1) is 12.7 Å². The molecule has 3 rings (SSSR count). The molecule has 0 saturated carbocycles. The van der Waals surface area contributed by atoms with E-state index in [1.165, 1.54) is 23.9 Å². The topological polar surface area (TPSA) is 43.6 Å². The quantitative estimate of drug-likeness (QED) is 0.675. The molecule has 1 heterocycles. The molecule has 0 spiro atoms. The lowest BCUT2D eigenvalue weighted by Gasteiger charge is -2.06. The van der Waals surface area contributed by atoms with Crippen molar-refractivity contribution >= 4 is 23.4 Å². The Morgan fingerprint density at radius 1 is 1.18 bits per heavy atom. The number of thioether (sulfide) groups is 1. The number of benzene rings is 2. The monoisotopic (exact) mass is 334 g/mol. The molecule has 4 nitrogen and oxygen atoms in total. The highest BCUT2D eigenvalue weighted by Gasteiger charge is 2.10. The lowest BCUT2D eigenvalue weighted by atomic mass is 10.2. The summed E-state index contributed by atoms with van der Waals surface area (Å²) in [5.74, 6) is 0.410. The molecule has 0 bridgehead atoms. The van der Waals surface area contributed by atoms with E-state index in [0.717, 1.165) is 16.8 Å². The standard InChI is InChI=1S/C15H12ClFN4S/c1-10-2-7-13(8-14(10)16)21-15(18-19-20-21)22-9-11-3-5-12(17)6-4-11/h2-8H,9H2,1H3. The highest BCUT2D eigenvalue weighted by atomic mass is 35.5. The van der Waals surface area contributed by atoms with Gasteiger partial charge in [0.15, 0.2) is 0 Å². The van der Waals surface area contributed by atoms with Crippen LogP contribution in [0.5, 0.6) is 0 Å². The molecule has 3 aromatic rings. The maximum Gasteiger partial charge on any atom is 0.214 e. The van der Waals surface area contributed by atoms with Gasteiger partial charge in [0.2, 0.25) is 5.16 Å². The van der Waals surface area contributed by atoms with Gasteiger partial charge in [-0.05, 0) is 52.7 Å². The van der Waals surface area contributed by atoms with E-state index in [9.17, 15) is 4.39 Å². The van der Waals surface area contributed by atoms with E-state index in [4.69, 9.17) is 11.6 Å². The third kappa shape index (κ3) is 3.28. The molecule has 7 heteroatoms. The number of halogens is 2. The predicted molar refractivity (Wildman–Crippen MR) is 84.9 cm³/mol. The van der Waals surface area contributed by atoms with Gasteiger partial charge in [0.25, 0.3) is 0 Å². The Labute approximate surface area is 136 Å². The number of nitrogens with zero attached hydrogens (tertiary/aromatic N) is 4. The maximum absolute atomic E-state index is 12.9. The van der Waals surface area contributed by atoms with Crippen molar-refractivity contribution < 1.29 is 4.39 Å². The maximum atomic E-state index is 12.9. The summed E-state index contributed by atoms with van der Waals surface area (Å²) >= 11 is 7.63. The van der Waals surface area contributed by atoms with Crippen molar-refractivity contribution in [3.63, 3.8) is 0 Å². The number of rotatable bonds is 4. The van der Waals surface area contributed by atoms with Crippen LogP contribution in [0.2, 0.25) is 5.02 Å². The number of hydrogen-bond donors (Lipinski definition) is 0. The number of hydrogen-bond acceptors (Lipinski definition) is 4. The summed E-state index contributed by atoms with van der Waals surface area (Å²) in [6.07, 6.45) is 0. The van der Waals surface area contributed by atoms with E-state index in [1.54, 1.807) is 16.8 Å². The predicted octanol–water partition coefficient (Wildman–Crippen LogP) is 4.06. The summed E-state index contributed by atoms with van der Waals surface area (Å²) in [7, 11) is 0. The first-order valence-corrected chi connectivity index (χ1v) is 7.92. The molecule has 22 heavy (non-hydrogen) atoms. The van der Waals surface area contributed by atoms with E-state index in [1.807, 2.05) is 25.1 Å². The largest absolute Gasteiger partial charge is 0.214 e. The van der Waals surface area contributed by atoms with Gasteiger partial charge in [0, 0.05) is 10.8 Å². The van der Waals surface area contributed by atoms with Crippen molar-refractivity contribution in [2.45, 2.75) is 17.8 Å². The molecule has 0 amide bonds. The van der Waals surface area contributed by atoms with Crippen LogP contribution in [0.15, 0.2) is 47.6 Å². The highest BCUT2D eigenvalue weighted by Crippen LogP contribution is 2.25. The second-order valence-corrected chi connectivity index (χ2v) is 6.07. The normalized spacial score (nSPS) is 10.9. The van der Waals surface area contributed by atoms with Crippen molar-refractivity contribution in [2.75, 3.05) is 0 Å². The van der Waals surface area contributed by atoms with E-state index in [-0.39, 0.29) is 5.82 Å². The molecule has 0 fully saturated rings. The first-order valence-electron chi connectivity index (χ1n) is 6.55. The molecule has 0 aliphatic rings. The average Bonchev–Trinajstić information content (AvgIpc) is 2.98. The molecule has 0 N–H and O–H groups in total. The summed E-state index contributed by atoms with van der Waals surface area (Å²) in [4.78, 5) is 0. The van der Waals surface area contributed by atoms with Crippen LogP contribution in [0.4, 0.5) is 4.39 Å². The van der Waals surface area contributed by atoms with E-state index < -0.39 is 0 Å². The molecular weight excluding hydrogens is 323 g/mol. The summed E-state index contributed by atoms with van der Waals surface area (Å²) in [5.41, 5.74) is 2.81. The molecule has 0 unspecified atom stereocenters. The lowest BCUT2D eigenvalue weighted by molar-refractivity contribution is 0.627. The van der Waals surface area contributed by atoms with Crippen molar-refractivity contribution in [3.8, 4) is 5.69 Å². The SMILES string of the molecule is Cc1ccc(-n2nnnc2SCc2ccc(F)cc2)cc1Cl. The number of tetrazole rings is 1. The minimum atomic E-state index is -0.243. The van der Waals surface area contributed by atoms with Crippen molar-refractivity contribution in [1.29, 1.82) is 0 Å². The second kappa shape index (κ2) is 6.46. The second-order valence-electron chi connectivity index (χ2n) is 4.72. The Kier molecular flexibility index (Phi) is 4.40. The third-order valence-corrected chi connectivity index (χ3v) is 4.52. The number of aromatic nitrogens is 4. The van der Waals surface area contributed by atoms with Gasteiger partial charge in [0.1, 0.15) is 5.82 Å². The molecule has 0 saturated heterocycles. The molecule has 112 valence electrons. The first kappa shape index (κ1) is 15.0. The van der Waals surface area contributed by atoms with Crippen molar-refractivity contribution in [3.05, 3.63) is 64.4 Å². The zero-order valence-electron chi connectivity index (χ0n) is 11.7. The van der Waals surface area contributed by atoms with Gasteiger partial charge >= 0.3 is 0 Å². The van der Waals surface area contributed by atoms with Crippen LogP contribution in [0.3, 0.4) is 0 Å². The van der Waals surface area contributed by atoms with E-state index in [0.29, 0.717) is 15.9 Å². The van der Waals surface area contributed by atoms with Gasteiger partial charge in [-0.15, -0.1) is 5.10 Å². The lowest BCUT2D eigenvalue weighted by Crippen LogP contribution is -1.99. The Balaban J connectivity index is 1.79. The highest BCUT2D eigenvalue weighted by molar-refractivity contribution is 7.98. The fraction of sp³-hybridized carbons (Fsp3) is 0.133. The zero-order valence-corrected chi connectivity index (χ0v) is 13.3. The van der Waals surface area contributed by atoms with Crippen LogP contribution in [0.1, 0.15) is 11.1 Å². The Hall–Kier alpha value is -1.92. The molecule has 0 aliphatic heterocycles. The zero-order chi connectivity index (χ0) is 15.5. The van der Waals surface area contributed by atoms with Gasteiger partial charge in [0.05, 0.1) is 5.69 Å².